The van der Waals surface area contributed by atoms with Crippen LogP contribution in [0.5, 0.6) is 0 Å². The van der Waals surface area contributed by atoms with E-state index in [1.165, 1.54) is 17.4 Å². The highest BCUT2D eigenvalue weighted by Crippen LogP contribution is 2.30. The molecule has 128 valence electrons. The van der Waals surface area contributed by atoms with Crippen LogP contribution < -0.4 is 10.6 Å². The van der Waals surface area contributed by atoms with Crippen molar-refractivity contribution in [2.75, 3.05) is 6.54 Å². The summed E-state index contributed by atoms with van der Waals surface area (Å²) >= 11 is 1.47. The quantitative estimate of drug-likeness (QED) is 0.791. The lowest BCUT2D eigenvalue weighted by Crippen LogP contribution is -2.41. The summed E-state index contributed by atoms with van der Waals surface area (Å²) in [5.74, 6) is -0.576. The molecule has 7 heteroatoms. The van der Waals surface area contributed by atoms with Crippen molar-refractivity contribution in [3.63, 3.8) is 0 Å². The number of thiazole rings is 1. The molecular formula is C17H20FN3O2S. The van der Waals surface area contributed by atoms with Crippen LogP contribution in [0.1, 0.15) is 30.6 Å². The Labute approximate surface area is 143 Å². The van der Waals surface area contributed by atoms with Gasteiger partial charge in [0.05, 0.1) is 34.3 Å². The van der Waals surface area contributed by atoms with E-state index in [1.54, 1.807) is 18.5 Å². The van der Waals surface area contributed by atoms with E-state index >= 15 is 0 Å². The third-order valence-corrected chi connectivity index (χ3v) is 5.24. The van der Waals surface area contributed by atoms with Gasteiger partial charge < -0.3 is 15.7 Å². The fourth-order valence-electron chi connectivity index (χ4n) is 2.91. The van der Waals surface area contributed by atoms with Gasteiger partial charge in [0.15, 0.2) is 0 Å². The molecule has 1 fully saturated rings. The van der Waals surface area contributed by atoms with Gasteiger partial charge in [0.1, 0.15) is 5.82 Å². The second kappa shape index (κ2) is 6.96. The molecular weight excluding hydrogens is 329 g/mol. The van der Waals surface area contributed by atoms with Gasteiger partial charge in [-0.3, -0.25) is 4.79 Å². The van der Waals surface area contributed by atoms with Gasteiger partial charge in [0, 0.05) is 12.1 Å². The molecule has 0 spiro atoms. The van der Waals surface area contributed by atoms with E-state index < -0.39 is 18.2 Å². The number of aryl methyl sites for hydroxylation is 1. The molecule has 24 heavy (non-hydrogen) atoms. The van der Waals surface area contributed by atoms with Crippen molar-refractivity contribution in [2.45, 2.75) is 38.5 Å². The third-order valence-electron chi connectivity index (χ3n) is 4.26. The molecule has 1 aromatic heterocycles. The van der Waals surface area contributed by atoms with E-state index in [0.717, 1.165) is 16.1 Å². The zero-order valence-electron chi connectivity index (χ0n) is 13.5. The average molecular weight is 349 g/mol. The summed E-state index contributed by atoms with van der Waals surface area (Å²) in [6.45, 7) is 4.05. The molecule has 1 amide bonds. The Hall–Kier alpha value is -1.83. The van der Waals surface area contributed by atoms with Gasteiger partial charge in [-0.25, -0.2) is 9.37 Å². The Morgan fingerprint density at radius 1 is 1.54 bits per heavy atom. The summed E-state index contributed by atoms with van der Waals surface area (Å²) < 4.78 is 14.5. The molecule has 0 saturated carbocycles. The maximum absolute atomic E-state index is 14.5. The second-order valence-corrected chi connectivity index (χ2v) is 6.94. The minimum Gasteiger partial charge on any atom is -0.392 e. The Bertz CT molecular complexity index is 749. The highest BCUT2D eigenvalue weighted by atomic mass is 32.1. The van der Waals surface area contributed by atoms with Gasteiger partial charge in [0.2, 0.25) is 5.91 Å². The first kappa shape index (κ1) is 17.0. The number of β-amino-alcohol motifs (C(OH)–C–C–N with tert-alkyl or cyclic N) is 1. The third kappa shape index (κ3) is 3.48. The highest BCUT2D eigenvalue weighted by molar-refractivity contribution is 7.13. The number of hydrogen-bond donors (Lipinski definition) is 3. The van der Waals surface area contributed by atoms with Crippen molar-refractivity contribution < 1.29 is 14.3 Å². The Morgan fingerprint density at radius 3 is 2.92 bits per heavy atom. The van der Waals surface area contributed by atoms with Crippen molar-refractivity contribution in [3.05, 3.63) is 40.8 Å². The summed E-state index contributed by atoms with van der Waals surface area (Å²) in [4.78, 5) is 17.3. The molecule has 1 aromatic carbocycles. The first-order valence-corrected chi connectivity index (χ1v) is 8.75. The van der Waals surface area contributed by atoms with Crippen LogP contribution in [0.15, 0.2) is 23.7 Å². The van der Waals surface area contributed by atoms with Crippen molar-refractivity contribution in [3.8, 4) is 10.4 Å². The van der Waals surface area contributed by atoms with Crippen molar-refractivity contribution in [1.29, 1.82) is 0 Å². The number of carbonyl (C=O) groups is 1. The van der Waals surface area contributed by atoms with Gasteiger partial charge >= 0.3 is 0 Å². The van der Waals surface area contributed by atoms with E-state index in [-0.39, 0.29) is 11.7 Å². The molecule has 3 atom stereocenters. The van der Waals surface area contributed by atoms with E-state index in [1.807, 2.05) is 13.0 Å². The highest BCUT2D eigenvalue weighted by Gasteiger charge is 2.29. The Balaban J connectivity index is 1.72. The topological polar surface area (TPSA) is 74.2 Å². The lowest BCUT2D eigenvalue weighted by atomic mass is 10.0. The van der Waals surface area contributed by atoms with Crippen LogP contribution in [-0.2, 0) is 4.79 Å². The molecule has 1 aliphatic rings. The minimum absolute atomic E-state index is 0.221. The number of aliphatic hydroxyl groups is 1. The lowest BCUT2D eigenvalue weighted by Gasteiger charge is -2.18. The van der Waals surface area contributed by atoms with Crippen LogP contribution >= 0.6 is 11.3 Å². The predicted molar refractivity (Wildman–Crippen MR) is 91.2 cm³/mol. The van der Waals surface area contributed by atoms with Gasteiger partial charge in [-0.05, 0) is 31.9 Å². The lowest BCUT2D eigenvalue weighted by molar-refractivity contribution is -0.123. The number of nitrogens with zero attached hydrogens (tertiary/aromatic N) is 1. The summed E-state index contributed by atoms with van der Waals surface area (Å²) in [7, 11) is 0. The molecule has 2 heterocycles. The number of hydrogen-bond acceptors (Lipinski definition) is 5. The van der Waals surface area contributed by atoms with Crippen LogP contribution in [0.4, 0.5) is 4.39 Å². The largest absolute Gasteiger partial charge is 0.392 e. The molecule has 0 bridgehead atoms. The number of aromatic nitrogens is 1. The summed E-state index contributed by atoms with van der Waals surface area (Å²) in [5, 5.41) is 15.2. The maximum Gasteiger partial charge on any atom is 0.237 e. The van der Waals surface area contributed by atoms with Gasteiger partial charge in [-0.2, -0.15) is 0 Å². The van der Waals surface area contributed by atoms with E-state index in [0.29, 0.717) is 18.5 Å². The number of nitrogens with one attached hydrogen (secondary N) is 2. The SMILES string of the molecule is Cc1ncsc1-c1ccc([C@H](C)NC(=O)[C@@H]2C[C@@H](O)CN2)c(F)c1. The van der Waals surface area contributed by atoms with Crippen LogP contribution in [0.2, 0.25) is 0 Å². The zero-order chi connectivity index (χ0) is 17.3. The van der Waals surface area contributed by atoms with E-state index in [9.17, 15) is 14.3 Å². The van der Waals surface area contributed by atoms with Crippen LogP contribution in [0.3, 0.4) is 0 Å². The van der Waals surface area contributed by atoms with E-state index in [2.05, 4.69) is 15.6 Å². The fraction of sp³-hybridized carbons (Fsp3) is 0.412. The predicted octanol–water partition coefficient (Wildman–Crippen LogP) is 2.16. The monoisotopic (exact) mass is 349 g/mol. The van der Waals surface area contributed by atoms with Crippen molar-refractivity contribution >= 4 is 17.2 Å². The molecule has 0 aliphatic carbocycles. The molecule has 1 saturated heterocycles. The van der Waals surface area contributed by atoms with Crippen LogP contribution in [0.25, 0.3) is 10.4 Å². The Morgan fingerprint density at radius 2 is 2.33 bits per heavy atom. The maximum atomic E-state index is 14.5. The van der Waals surface area contributed by atoms with Crippen LogP contribution in [-0.4, -0.2) is 34.7 Å². The molecule has 5 nitrogen and oxygen atoms in total. The summed E-state index contributed by atoms with van der Waals surface area (Å²) in [6.07, 6.45) is -0.125. The second-order valence-electron chi connectivity index (χ2n) is 6.08. The average Bonchev–Trinajstić information content (AvgIpc) is 3.15. The van der Waals surface area contributed by atoms with E-state index in [4.69, 9.17) is 0 Å². The molecule has 1 aliphatic heterocycles. The van der Waals surface area contributed by atoms with Gasteiger partial charge in [0.25, 0.3) is 0 Å². The number of amides is 1. The zero-order valence-corrected chi connectivity index (χ0v) is 14.4. The normalized spacial score (nSPS) is 21.7. The van der Waals surface area contributed by atoms with Crippen LogP contribution in [0, 0.1) is 12.7 Å². The fourth-order valence-corrected chi connectivity index (χ4v) is 3.71. The van der Waals surface area contributed by atoms with Gasteiger partial charge in [-0.15, -0.1) is 11.3 Å². The number of benzene rings is 1. The number of aliphatic hydroxyl groups excluding tert-OH is 1. The number of rotatable bonds is 4. The molecule has 2 aromatic rings. The first-order valence-electron chi connectivity index (χ1n) is 7.87. The number of carbonyl (C=O) groups excluding carboxylic acids is 1. The molecule has 0 radical (unpaired) electrons. The van der Waals surface area contributed by atoms with Gasteiger partial charge in [-0.1, -0.05) is 12.1 Å². The van der Waals surface area contributed by atoms with Crippen molar-refractivity contribution in [2.24, 2.45) is 0 Å². The number of halogens is 1. The summed E-state index contributed by atoms with van der Waals surface area (Å²) in [6, 6.07) is 4.15. The molecule has 3 N–H and O–H groups in total. The molecule has 0 unspecified atom stereocenters. The smallest absolute Gasteiger partial charge is 0.237 e. The van der Waals surface area contributed by atoms with Crippen molar-refractivity contribution in [1.82, 2.24) is 15.6 Å². The standard InChI is InChI=1S/C17H20FN3O2S/c1-9(21-17(23)15-6-12(22)7-19-15)13-4-3-11(5-14(13)18)16-10(2)20-8-24-16/h3-5,8-9,12,15,19,22H,6-7H2,1-2H3,(H,21,23)/t9-,12+,15-/m0/s1. The molecule has 3 rings (SSSR count). The summed E-state index contributed by atoms with van der Waals surface area (Å²) in [5.41, 5.74) is 3.84. The minimum atomic E-state index is -0.505. The Kier molecular flexibility index (Phi) is 4.93. The first-order chi connectivity index (χ1) is 11.5.